The second-order valence-corrected chi connectivity index (χ2v) is 6.58. The predicted octanol–water partition coefficient (Wildman–Crippen LogP) is 3.32. The van der Waals surface area contributed by atoms with Gasteiger partial charge >= 0.3 is 0 Å². The van der Waals surface area contributed by atoms with Crippen molar-refractivity contribution in [3.63, 3.8) is 0 Å². The van der Waals surface area contributed by atoms with Crippen LogP contribution in [0.2, 0.25) is 0 Å². The lowest BCUT2D eigenvalue weighted by Gasteiger charge is -2.15. The van der Waals surface area contributed by atoms with Gasteiger partial charge in [0.05, 0.1) is 11.0 Å². The van der Waals surface area contributed by atoms with Crippen molar-refractivity contribution in [1.29, 1.82) is 0 Å². The van der Waals surface area contributed by atoms with Crippen molar-refractivity contribution >= 4 is 16.9 Å². The Bertz CT molecular complexity index is 1020. The molecule has 2 heterocycles. The van der Waals surface area contributed by atoms with E-state index >= 15 is 0 Å². The number of para-hydroxylation sites is 2. The average molecular weight is 347 g/mol. The lowest BCUT2D eigenvalue weighted by Crippen LogP contribution is -2.27. The summed E-state index contributed by atoms with van der Waals surface area (Å²) in [4.78, 5) is 31.8. The maximum Gasteiger partial charge on any atom is 0.277 e. The summed E-state index contributed by atoms with van der Waals surface area (Å²) in [6.45, 7) is 4.19. The quantitative estimate of drug-likeness (QED) is 0.730. The van der Waals surface area contributed by atoms with Crippen LogP contribution in [-0.2, 0) is 6.54 Å². The summed E-state index contributed by atoms with van der Waals surface area (Å²) in [5, 5.41) is 0. The Morgan fingerprint density at radius 2 is 1.73 bits per heavy atom. The van der Waals surface area contributed by atoms with Crippen molar-refractivity contribution in [1.82, 2.24) is 14.5 Å². The summed E-state index contributed by atoms with van der Waals surface area (Å²) < 4.78 is 1.74. The van der Waals surface area contributed by atoms with Crippen LogP contribution in [-0.4, -0.2) is 33.4 Å². The van der Waals surface area contributed by atoms with Crippen LogP contribution in [0.4, 0.5) is 0 Å². The molecule has 3 aromatic rings. The van der Waals surface area contributed by atoms with Gasteiger partial charge in [0.25, 0.3) is 11.5 Å². The van der Waals surface area contributed by atoms with E-state index in [1.165, 1.54) is 0 Å². The number of carbonyl (C=O) groups is 1. The third-order valence-electron chi connectivity index (χ3n) is 4.97. The Morgan fingerprint density at radius 3 is 2.42 bits per heavy atom. The van der Waals surface area contributed by atoms with Gasteiger partial charge < -0.3 is 9.47 Å². The van der Waals surface area contributed by atoms with Crippen LogP contribution in [0.15, 0.2) is 53.3 Å². The number of aryl methyl sites for hydroxylation is 1. The molecular formula is C21H21N3O2. The standard InChI is InChI=1S/C21H21N3O2/c1-2-24-18-8-4-3-7-17(18)22-19(21(24)26)15-9-11-16(12-10-15)20(25)23-13-5-6-14-23/h3-4,7-12H,2,5-6,13-14H2,1H3. The Kier molecular flexibility index (Phi) is 4.29. The Hall–Kier alpha value is -2.95. The highest BCUT2D eigenvalue weighted by molar-refractivity contribution is 5.94. The smallest absolute Gasteiger partial charge is 0.277 e. The molecule has 0 saturated carbocycles. The second-order valence-electron chi connectivity index (χ2n) is 6.58. The fourth-order valence-electron chi connectivity index (χ4n) is 3.57. The zero-order chi connectivity index (χ0) is 18.1. The fourth-order valence-corrected chi connectivity index (χ4v) is 3.57. The predicted molar refractivity (Wildman–Crippen MR) is 102 cm³/mol. The Balaban J connectivity index is 1.75. The molecule has 1 saturated heterocycles. The van der Waals surface area contributed by atoms with Crippen LogP contribution in [0.25, 0.3) is 22.3 Å². The lowest BCUT2D eigenvalue weighted by molar-refractivity contribution is 0.0793. The number of carbonyl (C=O) groups excluding carboxylic acids is 1. The van der Waals surface area contributed by atoms with Crippen LogP contribution >= 0.6 is 0 Å². The van der Waals surface area contributed by atoms with Crippen molar-refractivity contribution in [3.05, 3.63) is 64.4 Å². The molecule has 0 unspecified atom stereocenters. The average Bonchev–Trinajstić information content (AvgIpc) is 3.22. The van der Waals surface area contributed by atoms with Crippen LogP contribution in [0, 0.1) is 0 Å². The zero-order valence-electron chi connectivity index (χ0n) is 14.8. The molecule has 0 spiro atoms. The highest BCUT2D eigenvalue weighted by Crippen LogP contribution is 2.20. The maximum absolute atomic E-state index is 12.9. The van der Waals surface area contributed by atoms with Gasteiger partial charge in [0.2, 0.25) is 0 Å². The summed E-state index contributed by atoms with van der Waals surface area (Å²) >= 11 is 0. The van der Waals surface area contributed by atoms with Crippen LogP contribution < -0.4 is 5.56 Å². The highest BCUT2D eigenvalue weighted by Gasteiger charge is 2.19. The highest BCUT2D eigenvalue weighted by atomic mass is 16.2. The normalized spacial score (nSPS) is 14.1. The van der Waals surface area contributed by atoms with E-state index in [4.69, 9.17) is 0 Å². The summed E-state index contributed by atoms with van der Waals surface area (Å²) in [5.41, 5.74) is 3.34. The first kappa shape index (κ1) is 16.5. The maximum atomic E-state index is 12.9. The fraction of sp³-hybridized carbons (Fsp3) is 0.286. The van der Waals surface area contributed by atoms with Crippen molar-refractivity contribution in [3.8, 4) is 11.3 Å². The van der Waals surface area contributed by atoms with Crippen molar-refractivity contribution in [2.24, 2.45) is 0 Å². The van der Waals surface area contributed by atoms with Crippen molar-refractivity contribution in [2.45, 2.75) is 26.3 Å². The number of nitrogens with zero attached hydrogens (tertiary/aromatic N) is 3. The molecule has 1 aliphatic heterocycles. The van der Waals surface area contributed by atoms with Crippen molar-refractivity contribution in [2.75, 3.05) is 13.1 Å². The molecule has 0 bridgehead atoms. The van der Waals surface area contributed by atoms with Crippen molar-refractivity contribution < 1.29 is 4.79 Å². The molecule has 4 rings (SSSR count). The molecule has 5 heteroatoms. The molecule has 0 N–H and O–H groups in total. The zero-order valence-corrected chi connectivity index (χ0v) is 14.8. The van der Waals surface area contributed by atoms with Gasteiger partial charge in [-0.3, -0.25) is 9.59 Å². The number of aromatic nitrogens is 2. The second kappa shape index (κ2) is 6.75. The number of likely N-dealkylation sites (tertiary alicyclic amines) is 1. The van der Waals surface area contributed by atoms with Crippen LogP contribution in [0.5, 0.6) is 0 Å². The van der Waals surface area contributed by atoms with E-state index in [1.807, 2.05) is 48.2 Å². The van der Waals surface area contributed by atoms with Gasteiger partial charge in [0, 0.05) is 30.8 Å². The minimum Gasteiger partial charge on any atom is -0.339 e. The van der Waals surface area contributed by atoms with E-state index in [0.717, 1.165) is 42.5 Å². The summed E-state index contributed by atoms with van der Waals surface area (Å²) in [6.07, 6.45) is 2.14. The van der Waals surface area contributed by atoms with E-state index < -0.39 is 0 Å². The van der Waals surface area contributed by atoms with Gasteiger partial charge in [-0.2, -0.15) is 0 Å². The molecule has 132 valence electrons. The summed E-state index contributed by atoms with van der Waals surface area (Å²) in [7, 11) is 0. The molecule has 1 aliphatic rings. The number of fused-ring (bicyclic) bond motifs is 1. The SMILES string of the molecule is CCn1c(=O)c(-c2ccc(C(=O)N3CCCC3)cc2)nc2ccccc21. The third kappa shape index (κ3) is 2.79. The van der Waals surface area contributed by atoms with E-state index in [0.29, 0.717) is 17.8 Å². The van der Waals surface area contributed by atoms with Crippen LogP contribution in [0.3, 0.4) is 0 Å². The van der Waals surface area contributed by atoms with E-state index in [-0.39, 0.29) is 11.5 Å². The largest absolute Gasteiger partial charge is 0.339 e. The van der Waals surface area contributed by atoms with Gasteiger partial charge in [-0.05, 0) is 44.0 Å². The van der Waals surface area contributed by atoms with Gasteiger partial charge in [-0.25, -0.2) is 4.98 Å². The third-order valence-corrected chi connectivity index (χ3v) is 4.97. The Morgan fingerprint density at radius 1 is 1.04 bits per heavy atom. The van der Waals surface area contributed by atoms with Gasteiger partial charge in [0.1, 0.15) is 5.69 Å². The number of hydrogen-bond acceptors (Lipinski definition) is 3. The molecule has 26 heavy (non-hydrogen) atoms. The van der Waals surface area contributed by atoms with Gasteiger partial charge in [-0.1, -0.05) is 24.3 Å². The van der Waals surface area contributed by atoms with Crippen LogP contribution in [0.1, 0.15) is 30.1 Å². The first-order chi connectivity index (χ1) is 12.7. The molecule has 0 radical (unpaired) electrons. The molecule has 0 aliphatic carbocycles. The van der Waals surface area contributed by atoms with E-state index in [1.54, 1.807) is 16.7 Å². The Labute approximate surface area is 151 Å². The molecule has 1 fully saturated rings. The molecule has 0 atom stereocenters. The summed E-state index contributed by atoms with van der Waals surface area (Å²) in [5.74, 6) is 0.0616. The monoisotopic (exact) mass is 347 g/mol. The van der Waals surface area contributed by atoms with Gasteiger partial charge in [-0.15, -0.1) is 0 Å². The molecule has 5 nitrogen and oxygen atoms in total. The number of hydrogen-bond donors (Lipinski definition) is 0. The van der Waals surface area contributed by atoms with Gasteiger partial charge in [0.15, 0.2) is 0 Å². The topological polar surface area (TPSA) is 55.2 Å². The molecular weight excluding hydrogens is 326 g/mol. The number of amides is 1. The number of benzene rings is 2. The first-order valence-corrected chi connectivity index (χ1v) is 9.08. The van der Waals surface area contributed by atoms with E-state index in [2.05, 4.69) is 4.98 Å². The first-order valence-electron chi connectivity index (χ1n) is 9.08. The molecule has 1 aromatic heterocycles. The molecule has 1 amide bonds. The molecule has 2 aromatic carbocycles. The minimum absolute atomic E-state index is 0.0616. The summed E-state index contributed by atoms with van der Waals surface area (Å²) in [6, 6.07) is 14.9. The lowest BCUT2D eigenvalue weighted by atomic mass is 10.1. The minimum atomic E-state index is -0.107. The number of rotatable bonds is 3. The van der Waals surface area contributed by atoms with E-state index in [9.17, 15) is 9.59 Å².